The molecular formula is C27H33N3O3S. The summed E-state index contributed by atoms with van der Waals surface area (Å²) in [7, 11) is -3.58. The molecule has 1 N–H and O–H groups in total. The number of aryl methyl sites for hydroxylation is 1. The Morgan fingerprint density at radius 2 is 1.88 bits per heavy atom. The minimum absolute atomic E-state index is 0.0173. The van der Waals surface area contributed by atoms with Crippen LogP contribution in [0.4, 0.5) is 5.69 Å². The number of rotatable bonds is 5. The van der Waals surface area contributed by atoms with Crippen LogP contribution in [-0.2, 0) is 14.8 Å². The topological polar surface area (TPSA) is 69.7 Å². The van der Waals surface area contributed by atoms with E-state index in [0.717, 1.165) is 18.4 Å². The summed E-state index contributed by atoms with van der Waals surface area (Å²) in [4.78, 5) is 14.1. The van der Waals surface area contributed by atoms with Crippen LogP contribution in [0.5, 0.6) is 0 Å². The fourth-order valence-corrected chi connectivity index (χ4v) is 7.82. The SMILES string of the molecule is CC(=O)NCC/C=C1\C[C@@]2(C)CN(S(=O)(=O)c3ccc(C)cc3)CCN3c4ccccc4C1C32. The second kappa shape index (κ2) is 8.54. The van der Waals surface area contributed by atoms with Crippen molar-refractivity contribution in [3.8, 4) is 0 Å². The standard InChI is InChI=1S/C27H33N3O3S/c1-19-10-12-22(13-11-19)34(32,33)29-15-16-30-24-9-5-4-8-23(24)25-21(7-6-14-28-20(2)31)17-27(3,18-29)26(25)30/h4-5,7-13,25-26H,6,14-18H2,1-3H3,(H,28,31)/b21-7+/t25?,26?,27-/m0/s1. The molecule has 3 aliphatic rings. The number of hydrogen-bond donors (Lipinski definition) is 1. The second-order valence-electron chi connectivity index (χ2n) is 10.2. The Labute approximate surface area is 202 Å². The molecule has 0 aromatic heterocycles. The zero-order valence-electron chi connectivity index (χ0n) is 20.1. The number of benzene rings is 2. The zero-order chi connectivity index (χ0) is 24.1. The van der Waals surface area contributed by atoms with E-state index in [1.807, 2.05) is 19.1 Å². The van der Waals surface area contributed by atoms with Crippen molar-refractivity contribution < 1.29 is 13.2 Å². The molecule has 2 heterocycles. The molecule has 5 rings (SSSR count). The minimum Gasteiger partial charge on any atom is -0.365 e. The van der Waals surface area contributed by atoms with E-state index in [2.05, 4.69) is 47.5 Å². The van der Waals surface area contributed by atoms with Crippen LogP contribution in [-0.4, -0.2) is 50.9 Å². The van der Waals surface area contributed by atoms with Gasteiger partial charge in [0.05, 0.1) is 4.90 Å². The van der Waals surface area contributed by atoms with Gasteiger partial charge in [-0.15, -0.1) is 0 Å². The molecule has 0 radical (unpaired) electrons. The third kappa shape index (κ3) is 3.85. The number of carbonyl (C=O) groups excluding carboxylic acids is 1. The zero-order valence-corrected chi connectivity index (χ0v) is 20.9. The van der Waals surface area contributed by atoms with Gasteiger partial charge in [-0.05, 0) is 43.5 Å². The number of hydrogen-bond acceptors (Lipinski definition) is 4. The van der Waals surface area contributed by atoms with Crippen molar-refractivity contribution in [3.05, 3.63) is 71.3 Å². The van der Waals surface area contributed by atoms with Gasteiger partial charge in [-0.1, -0.05) is 54.5 Å². The van der Waals surface area contributed by atoms with Crippen molar-refractivity contribution in [1.82, 2.24) is 9.62 Å². The van der Waals surface area contributed by atoms with E-state index >= 15 is 0 Å². The number of amides is 1. The maximum atomic E-state index is 13.6. The predicted molar refractivity (Wildman–Crippen MR) is 134 cm³/mol. The summed E-state index contributed by atoms with van der Waals surface area (Å²) in [5.74, 6) is 0.247. The van der Waals surface area contributed by atoms with Gasteiger partial charge >= 0.3 is 0 Å². The van der Waals surface area contributed by atoms with Crippen molar-refractivity contribution in [2.45, 2.75) is 50.5 Å². The van der Waals surface area contributed by atoms with E-state index in [4.69, 9.17) is 0 Å². The molecule has 1 amide bonds. The lowest BCUT2D eigenvalue weighted by Crippen LogP contribution is -2.44. The van der Waals surface area contributed by atoms with Gasteiger partial charge in [0.25, 0.3) is 0 Å². The van der Waals surface area contributed by atoms with Gasteiger partial charge in [0.2, 0.25) is 15.9 Å². The third-order valence-corrected chi connectivity index (χ3v) is 9.53. The lowest BCUT2D eigenvalue weighted by Gasteiger charge is -2.36. The third-order valence-electron chi connectivity index (χ3n) is 7.67. The molecule has 180 valence electrons. The average molecular weight is 480 g/mol. The minimum atomic E-state index is -3.58. The van der Waals surface area contributed by atoms with Crippen LogP contribution in [0, 0.1) is 12.3 Å². The maximum Gasteiger partial charge on any atom is 0.243 e. The molecule has 2 aliphatic heterocycles. The van der Waals surface area contributed by atoms with Crippen molar-refractivity contribution in [2.24, 2.45) is 5.41 Å². The molecule has 7 heteroatoms. The Kier molecular flexibility index (Phi) is 5.81. The number of nitrogens with one attached hydrogen (secondary N) is 1. The highest BCUT2D eigenvalue weighted by molar-refractivity contribution is 7.89. The van der Waals surface area contributed by atoms with Gasteiger partial charge in [0.1, 0.15) is 0 Å². The van der Waals surface area contributed by atoms with Crippen LogP contribution < -0.4 is 10.2 Å². The average Bonchev–Trinajstić information content (AvgIpc) is 3.22. The number of para-hydroxylation sites is 1. The number of sulfonamides is 1. The van der Waals surface area contributed by atoms with Crippen LogP contribution in [0.3, 0.4) is 0 Å². The largest absolute Gasteiger partial charge is 0.365 e. The van der Waals surface area contributed by atoms with Crippen LogP contribution in [0.25, 0.3) is 0 Å². The highest BCUT2D eigenvalue weighted by Crippen LogP contribution is 2.60. The van der Waals surface area contributed by atoms with E-state index in [-0.39, 0.29) is 23.3 Å². The van der Waals surface area contributed by atoms with Crippen molar-refractivity contribution >= 4 is 21.6 Å². The fraction of sp³-hybridized carbons (Fsp3) is 0.444. The van der Waals surface area contributed by atoms with Crippen LogP contribution in [0.2, 0.25) is 0 Å². The molecule has 1 saturated heterocycles. The number of nitrogens with zero attached hydrogens (tertiary/aromatic N) is 2. The van der Waals surface area contributed by atoms with E-state index < -0.39 is 10.0 Å². The summed E-state index contributed by atoms with van der Waals surface area (Å²) in [6, 6.07) is 16.0. The first-order chi connectivity index (χ1) is 16.2. The summed E-state index contributed by atoms with van der Waals surface area (Å²) < 4.78 is 29.0. The molecular weight excluding hydrogens is 446 g/mol. The maximum absolute atomic E-state index is 13.6. The number of anilines is 1. The van der Waals surface area contributed by atoms with Crippen LogP contribution >= 0.6 is 0 Å². The number of fused-ring (bicyclic) bond motifs is 3. The molecule has 6 nitrogen and oxygen atoms in total. The molecule has 2 aromatic carbocycles. The van der Waals surface area contributed by atoms with Crippen molar-refractivity contribution in [3.63, 3.8) is 0 Å². The van der Waals surface area contributed by atoms with Crippen molar-refractivity contribution in [1.29, 1.82) is 0 Å². The van der Waals surface area contributed by atoms with Gasteiger partial charge < -0.3 is 10.2 Å². The Morgan fingerprint density at radius 3 is 2.62 bits per heavy atom. The van der Waals surface area contributed by atoms with E-state index in [0.29, 0.717) is 31.1 Å². The van der Waals surface area contributed by atoms with E-state index in [1.54, 1.807) is 16.4 Å². The van der Waals surface area contributed by atoms with Gasteiger partial charge in [-0.3, -0.25) is 4.79 Å². The normalized spacial score (nSPS) is 27.4. The van der Waals surface area contributed by atoms with Crippen LogP contribution in [0.1, 0.15) is 43.7 Å². The van der Waals surface area contributed by atoms with Crippen molar-refractivity contribution in [2.75, 3.05) is 31.1 Å². The highest BCUT2D eigenvalue weighted by atomic mass is 32.2. The Morgan fingerprint density at radius 1 is 1.15 bits per heavy atom. The quantitative estimate of drug-likeness (QED) is 0.523. The first kappa shape index (κ1) is 23.1. The molecule has 0 bridgehead atoms. The first-order valence-corrected chi connectivity index (χ1v) is 13.5. The van der Waals surface area contributed by atoms with Crippen LogP contribution in [0.15, 0.2) is 65.1 Å². The van der Waals surface area contributed by atoms with E-state index in [9.17, 15) is 13.2 Å². The Bertz CT molecular complexity index is 1240. The molecule has 34 heavy (non-hydrogen) atoms. The molecule has 3 atom stereocenters. The fourth-order valence-electron chi connectivity index (χ4n) is 6.25. The smallest absolute Gasteiger partial charge is 0.243 e. The van der Waals surface area contributed by atoms with Gasteiger partial charge in [-0.25, -0.2) is 8.42 Å². The predicted octanol–water partition coefficient (Wildman–Crippen LogP) is 3.83. The molecule has 1 aliphatic carbocycles. The summed E-state index contributed by atoms with van der Waals surface area (Å²) in [5.41, 5.74) is 4.77. The monoisotopic (exact) mass is 479 g/mol. The number of carbonyl (C=O) groups is 1. The Balaban J connectivity index is 1.51. The summed E-state index contributed by atoms with van der Waals surface area (Å²) in [6.45, 7) is 8.03. The van der Waals surface area contributed by atoms with E-state index in [1.165, 1.54) is 23.7 Å². The summed E-state index contributed by atoms with van der Waals surface area (Å²) >= 11 is 0. The van der Waals surface area contributed by atoms with Gasteiger partial charge in [-0.2, -0.15) is 4.31 Å². The molecule has 0 spiro atoms. The lowest BCUT2D eigenvalue weighted by molar-refractivity contribution is -0.118. The molecule has 2 unspecified atom stereocenters. The highest BCUT2D eigenvalue weighted by Gasteiger charge is 2.57. The van der Waals surface area contributed by atoms with Gasteiger partial charge in [0, 0.05) is 56.2 Å². The first-order valence-electron chi connectivity index (χ1n) is 12.1. The Hall–Kier alpha value is -2.64. The molecule has 1 saturated carbocycles. The summed E-state index contributed by atoms with van der Waals surface area (Å²) in [5, 5.41) is 2.88. The molecule has 2 aromatic rings. The lowest BCUT2D eigenvalue weighted by atomic mass is 9.82. The second-order valence-corrected chi connectivity index (χ2v) is 12.1. The summed E-state index contributed by atoms with van der Waals surface area (Å²) in [6.07, 6.45) is 3.91. The molecule has 2 fully saturated rings. The van der Waals surface area contributed by atoms with Gasteiger partial charge in [0.15, 0.2) is 0 Å².